The van der Waals surface area contributed by atoms with Gasteiger partial charge in [0.1, 0.15) is 18.4 Å². The van der Waals surface area contributed by atoms with Gasteiger partial charge < -0.3 is 4.43 Å². The summed E-state index contributed by atoms with van der Waals surface area (Å²) in [7, 11) is -1.65. The zero-order valence-corrected chi connectivity index (χ0v) is 13.8. The summed E-state index contributed by atoms with van der Waals surface area (Å²) in [4.78, 5) is 16.4. The highest BCUT2D eigenvalue weighted by atomic mass is 28.4. The third-order valence-corrected chi connectivity index (χ3v) is 3.54. The van der Waals surface area contributed by atoms with Crippen molar-refractivity contribution in [3.05, 3.63) is 48.3 Å². The maximum absolute atomic E-state index is 6.13. The molecule has 110 valence electrons. The van der Waals surface area contributed by atoms with Gasteiger partial charge >= 0.3 is 0 Å². The molecule has 21 heavy (non-hydrogen) atoms. The second-order valence-corrected chi connectivity index (χ2v) is 10.1. The standard InChI is InChI=1S/C15H20N4OSi/c1-12(17-9-15-18-10-16-11-19-15)13-7-5-6-8-14(13)20-21(2,3)4/h5-12H,1-4H3/b17-9+. The quantitative estimate of drug-likeness (QED) is 0.628. The zero-order valence-electron chi connectivity index (χ0n) is 12.8. The fraction of sp³-hybridized carbons (Fsp3) is 0.333. The molecule has 0 spiro atoms. The molecule has 2 rings (SSSR count). The van der Waals surface area contributed by atoms with Crippen LogP contribution in [0.5, 0.6) is 5.75 Å². The number of nitrogens with zero attached hydrogens (tertiary/aromatic N) is 4. The van der Waals surface area contributed by atoms with E-state index in [9.17, 15) is 0 Å². The van der Waals surface area contributed by atoms with Gasteiger partial charge in [-0.15, -0.1) is 0 Å². The van der Waals surface area contributed by atoms with Crippen molar-refractivity contribution in [2.45, 2.75) is 32.6 Å². The Morgan fingerprint density at radius 2 is 1.81 bits per heavy atom. The third-order valence-electron chi connectivity index (χ3n) is 2.71. The number of hydrogen-bond donors (Lipinski definition) is 0. The van der Waals surface area contributed by atoms with Crippen molar-refractivity contribution in [3.63, 3.8) is 0 Å². The molecule has 0 aliphatic carbocycles. The molecule has 1 unspecified atom stereocenters. The Morgan fingerprint density at radius 3 is 2.48 bits per heavy atom. The highest BCUT2D eigenvalue weighted by Gasteiger charge is 2.19. The monoisotopic (exact) mass is 300 g/mol. The molecule has 0 saturated carbocycles. The van der Waals surface area contributed by atoms with Gasteiger partial charge in [-0.2, -0.15) is 0 Å². The first-order valence-corrected chi connectivity index (χ1v) is 10.3. The van der Waals surface area contributed by atoms with Crippen molar-refractivity contribution >= 4 is 14.5 Å². The van der Waals surface area contributed by atoms with Crippen LogP contribution in [0.15, 0.2) is 41.9 Å². The lowest BCUT2D eigenvalue weighted by Crippen LogP contribution is -2.29. The average Bonchev–Trinajstić information content (AvgIpc) is 2.45. The van der Waals surface area contributed by atoms with Crippen LogP contribution in [0.25, 0.3) is 0 Å². The summed E-state index contributed by atoms with van der Waals surface area (Å²) in [6, 6.07) is 8.02. The van der Waals surface area contributed by atoms with E-state index in [1.165, 1.54) is 12.7 Å². The fourth-order valence-corrected chi connectivity index (χ4v) is 2.67. The maximum atomic E-state index is 6.13. The van der Waals surface area contributed by atoms with Crippen LogP contribution in [0, 0.1) is 0 Å². The van der Waals surface area contributed by atoms with Crippen LogP contribution in [-0.2, 0) is 0 Å². The van der Waals surface area contributed by atoms with Gasteiger partial charge in [-0.1, -0.05) is 18.2 Å². The van der Waals surface area contributed by atoms with E-state index in [-0.39, 0.29) is 6.04 Å². The predicted molar refractivity (Wildman–Crippen MR) is 86.3 cm³/mol. The summed E-state index contributed by atoms with van der Waals surface area (Å²) in [5.74, 6) is 1.47. The highest BCUT2D eigenvalue weighted by molar-refractivity contribution is 6.70. The Hall–Kier alpha value is -2.08. The first-order chi connectivity index (χ1) is 9.96. The van der Waals surface area contributed by atoms with Crippen molar-refractivity contribution in [2.75, 3.05) is 0 Å². The Balaban J connectivity index is 2.19. The molecule has 1 atom stereocenters. The van der Waals surface area contributed by atoms with Gasteiger partial charge in [0.25, 0.3) is 0 Å². The number of rotatable bonds is 5. The van der Waals surface area contributed by atoms with Crippen LogP contribution in [0.2, 0.25) is 19.6 Å². The van der Waals surface area contributed by atoms with E-state index in [0.717, 1.165) is 11.3 Å². The number of hydrogen-bond acceptors (Lipinski definition) is 5. The van der Waals surface area contributed by atoms with Gasteiger partial charge in [0.2, 0.25) is 8.32 Å². The molecule has 2 aromatic rings. The Morgan fingerprint density at radius 1 is 1.14 bits per heavy atom. The summed E-state index contributed by atoms with van der Waals surface area (Å²) in [5.41, 5.74) is 1.07. The van der Waals surface area contributed by atoms with E-state index >= 15 is 0 Å². The number of aromatic nitrogens is 3. The van der Waals surface area contributed by atoms with E-state index < -0.39 is 8.32 Å². The second-order valence-electron chi connectivity index (χ2n) is 5.70. The minimum absolute atomic E-state index is 0.0192. The molecule has 0 saturated heterocycles. The lowest BCUT2D eigenvalue weighted by Gasteiger charge is -2.22. The van der Waals surface area contributed by atoms with Gasteiger partial charge in [-0.25, -0.2) is 15.0 Å². The van der Waals surface area contributed by atoms with Gasteiger partial charge in [-0.3, -0.25) is 4.99 Å². The average molecular weight is 300 g/mol. The van der Waals surface area contributed by atoms with Crippen LogP contribution in [0.1, 0.15) is 24.4 Å². The number of aliphatic imine (C=N–C) groups is 1. The van der Waals surface area contributed by atoms with E-state index in [1.54, 1.807) is 6.21 Å². The zero-order chi connectivity index (χ0) is 15.3. The van der Waals surface area contributed by atoms with Crippen molar-refractivity contribution in [2.24, 2.45) is 4.99 Å². The van der Waals surface area contributed by atoms with Gasteiger partial charge in [0.15, 0.2) is 5.82 Å². The SMILES string of the molecule is CC(/N=C/c1ncncn1)c1ccccc1O[Si](C)(C)C. The number of para-hydroxylation sites is 1. The van der Waals surface area contributed by atoms with Crippen molar-refractivity contribution < 1.29 is 4.43 Å². The molecular weight excluding hydrogens is 280 g/mol. The molecule has 0 aliphatic rings. The second kappa shape index (κ2) is 6.58. The number of benzene rings is 1. The third kappa shape index (κ3) is 4.75. The van der Waals surface area contributed by atoms with Crippen LogP contribution < -0.4 is 4.43 Å². The van der Waals surface area contributed by atoms with Crippen LogP contribution in [-0.4, -0.2) is 29.5 Å². The van der Waals surface area contributed by atoms with Crippen LogP contribution >= 0.6 is 0 Å². The molecule has 0 radical (unpaired) electrons. The molecule has 0 fully saturated rings. The lowest BCUT2D eigenvalue weighted by molar-refractivity contribution is 0.543. The molecule has 0 bridgehead atoms. The van der Waals surface area contributed by atoms with E-state index in [2.05, 4.69) is 39.6 Å². The summed E-state index contributed by atoms with van der Waals surface area (Å²) >= 11 is 0. The molecule has 1 aromatic heterocycles. The Labute approximate surface area is 126 Å². The van der Waals surface area contributed by atoms with Crippen molar-refractivity contribution in [1.82, 2.24) is 15.0 Å². The van der Waals surface area contributed by atoms with Crippen LogP contribution in [0.4, 0.5) is 0 Å². The summed E-state index contributed by atoms with van der Waals surface area (Å²) in [5, 5.41) is 0. The smallest absolute Gasteiger partial charge is 0.242 e. The minimum Gasteiger partial charge on any atom is -0.544 e. The summed E-state index contributed by atoms with van der Waals surface area (Å²) in [6.07, 6.45) is 4.58. The van der Waals surface area contributed by atoms with Gasteiger partial charge in [-0.05, 0) is 32.6 Å². The normalized spacial score (nSPS) is 13.3. The van der Waals surface area contributed by atoms with E-state index in [1.807, 2.05) is 31.2 Å². The first kappa shape index (κ1) is 15.3. The molecule has 1 aromatic carbocycles. The molecule has 6 heteroatoms. The highest BCUT2D eigenvalue weighted by Crippen LogP contribution is 2.29. The maximum Gasteiger partial charge on any atom is 0.242 e. The van der Waals surface area contributed by atoms with Gasteiger partial charge in [0.05, 0.1) is 12.3 Å². The largest absolute Gasteiger partial charge is 0.544 e. The predicted octanol–water partition coefficient (Wildman–Crippen LogP) is 3.27. The van der Waals surface area contributed by atoms with Crippen molar-refractivity contribution in [1.29, 1.82) is 0 Å². The molecule has 1 heterocycles. The molecule has 0 amide bonds. The molecule has 0 aliphatic heterocycles. The minimum atomic E-state index is -1.65. The molecule has 0 N–H and O–H groups in total. The Bertz CT molecular complexity index is 611. The fourth-order valence-electron chi connectivity index (χ4n) is 1.82. The summed E-state index contributed by atoms with van der Waals surface area (Å²) < 4.78 is 6.13. The first-order valence-electron chi connectivity index (χ1n) is 6.89. The van der Waals surface area contributed by atoms with Crippen molar-refractivity contribution in [3.8, 4) is 5.75 Å². The molecule has 5 nitrogen and oxygen atoms in total. The van der Waals surface area contributed by atoms with Gasteiger partial charge in [0, 0.05) is 5.56 Å². The van der Waals surface area contributed by atoms with Crippen LogP contribution in [0.3, 0.4) is 0 Å². The Kier molecular flexibility index (Phi) is 4.80. The van der Waals surface area contributed by atoms with E-state index in [0.29, 0.717) is 5.82 Å². The summed E-state index contributed by atoms with van der Waals surface area (Å²) in [6.45, 7) is 8.54. The topological polar surface area (TPSA) is 60.3 Å². The van der Waals surface area contributed by atoms with E-state index in [4.69, 9.17) is 4.43 Å². The lowest BCUT2D eigenvalue weighted by atomic mass is 10.1. The molecular formula is C15H20N4OSi.